The fourth-order valence-corrected chi connectivity index (χ4v) is 2.32. The fourth-order valence-electron chi connectivity index (χ4n) is 2.32. The maximum absolute atomic E-state index is 11.8. The van der Waals surface area contributed by atoms with Crippen LogP contribution in [-0.4, -0.2) is 23.8 Å². The van der Waals surface area contributed by atoms with E-state index >= 15 is 0 Å². The number of carbonyl (C=O) groups is 2. The van der Waals surface area contributed by atoms with E-state index in [1.54, 1.807) is 7.11 Å². The first kappa shape index (κ1) is 13.6. The number of nitrogens with zero attached hydrogens (tertiary/aromatic N) is 1. The number of rotatable bonds is 4. The minimum atomic E-state index is -0.0831. The van der Waals surface area contributed by atoms with E-state index in [0.717, 1.165) is 17.7 Å². The zero-order valence-electron chi connectivity index (χ0n) is 11.4. The van der Waals surface area contributed by atoms with Crippen molar-refractivity contribution in [2.24, 2.45) is 0 Å². The first-order valence-electron chi connectivity index (χ1n) is 6.64. The van der Waals surface area contributed by atoms with Crippen molar-refractivity contribution in [3.63, 3.8) is 0 Å². The molecule has 0 saturated carbocycles. The summed E-state index contributed by atoms with van der Waals surface area (Å²) in [5, 5.41) is 0. The molecule has 1 aromatic rings. The Balaban J connectivity index is 2.25. The molecule has 0 atom stereocenters. The predicted molar refractivity (Wildman–Crippen MR) is 71.8 cm³/mol. The molecule has 2 amide bonds. The lowest BCUT2D eigenvalue weighted by molar-refractivity contribution is -0.148. The first-order chi connectivity index (χ1) is 9.15. The minimum absolute atomic E-state index is 0.0831. The smallest absolute Gasteiger partial charge is 0.229 e. The molecule has 0 aliphatic carbocycles. The van der Waals surface area contributed by atoms with Gasteiger partial charge in [0, 0.05) is 18.4 Å². The number of aryl methyl sites for hydroxylation is 1. The van der Waals surface area contributed by atoms with Crippen LogP contribution in [0.2, 0.25) is 0 Å². The molecule has 0 N–H and O–H groups in total. The number of likely N-dealkylation sites (tertiary alicyclic amines) is 1. The monoisotopic (exact) mass is 261 g/mol. The Morgan fingerprint density at radius 3 is 2.47 bits per heavy atom. The number of imide groups is 1. The van der Waals surface area contributed by atoms with Gasteiger partial charge in [-0.2, -0.15) is 0 Å². The van der Waals surface area contributed by atoms with Crippen LogP contribution < -0.4 is 4.74 Å². The van der Waals surface area contributed by atoms with Gasteiger partial charge in [-0.3, -0.25) is 14.5 Å². The maximum Gasteiger partial charge on any atom is 0.229 e. The Bertz CT molecular complexity index is 480. The number of benzene rings is 1. The maximum atomic E-state index is 11.8. The van der Waals surface area contributed by atoms with E-state index in [-0.39, 0.29) is 11.8 Å². The van der Waals surface area contributed by atoms with Gasteiger partial charge >= 0.3 is 0 Å². The number of amides is 2. The third kappa shape index (κ3) is 2.95. The van der Waals surface area contributed by atoms with Crippen LogP contribution in [0.3, 0.4) is 0 Å². The number of piperidine rings is 1. The average Bonchev–Trinajstić information content (AvgIpc) is 2.42. The molecule has 4 nitrogen and oxygen atoms in total. The number of hydrogen-bond donors (Lipinski definition) is 0. The van der Waals surface area contributed by atoms with E-state index in [1.165, 1.54) is 10.5 Å². The van der Waals surface area contributed by atoms with Gasteiger partial charge in [0.15, 0.2) is 0 Å². The molecule has 1 aliphatic rings. The van der Waals surface area contributed by atoms with E-state index in [1.807, 2.05) is 18.2 Å². The van der Waals surface area contributed by atoms with Crippen molar-refractivity contribution < 1.29 is 14.3 Å². The fraction of sp³-hybridized carbons (Fsp3) is 0.467. The summed E-state index contributed by atoms with van der Waals surface area (Å²) in [5.41, 5.74) is 2.07. The van der Waals surface area contributed by atoms with Crippen LogP contribution >= 0.6 is 0 Å². The summed E-state index contributed by atoms with van der Waals surface area (Å²) in [6.45, 7) is 2.39. The van der Waals surface area contributed by atoms with Crippen molar-refractivity contribution in [1.82, 2.24) is 4.90 Å². The third-order valence-corrected chi connectivity index (χ3v) is 3.46. The number of methoxy groups -OCH3 is 1. The van der Waals surface area contributed by atoms with Gasteiger partial charge < -0.3 is 4.74 Å². The van der Waals surface area contributed by atoms with Crippen LogP contribution in [0.5, 0.6) is 5.75 Å². The lowest BCUT2D eigenvalue weighted by Gasteiger charge is -2.25. The van der Waals surface area contributed by atoms with Crippen LogP contribution in [0.15, 0.2) is 18.2 Å². The standard InChI is InChI=1S/C15H19NO3/c1-3-11-7-8-13(19-2)12(9-11)10-16-14(17)5-4-6-15(16)18/h7-9H,3-6,10H2,1-2H3. The van der Waals surface area contributed by atoms with Gasteiger partial charge in [0.05, 0.1) is 13.7 Å². The molecular formula is C15H19NO3. The summed E-state index contributed by atoms with van der Waals surface area (Å²) in [6.07, 6.45) is 2.50. The van der Waals surface area contributed by atoms with E-state index in [9.17, 15) is 9.59 Å². The molecule has 0 spiro atoms. The van der Waals surface area contributed by atoms with Crippen LogP contribution in [-0.2, 0) is 22.6 Å². The largest absolute Gasteiger partial charge is 0.496 e. The Morgan fingerprint density at radius 2 is 1.89 bits per heavy atom. The number of hydrogen-bond acceptors (Lipinski definition) is 3. The second-order valence-corrected chi connectivity index (χ2v) is 4.73. The minimum Gasteiger partial charge on any atom is -0.496 e. The second-order valence-electron chi connectivity index (χ2n) is 4.73. The van der Waals surface area contributed by atoms with Gasteiger partial charge in [-0.05, 0) is 24.5 Å². The van der Waals surface area contributed by atoms with E-state index in [0.29, 0.717) is 25.8 Å². The molecule has 19 heavy (non-hydrogen) atoms. The molecule has 4 heteroatoms. The summed E-state index contributed by atoms with van der Waals surface area (Å²) < 4.78 is 5.31. The van der Waals surface area contributed by atoms with Crippen LogP contribution in [0, 0.1) is 0 Å². The highest BCUT2D eigenvalue weighted by molar-refractivity contribution is 5.97. The van der Waals surface area contributed by atoms with Crippen molar-refractivity contribution in [3.05, 3.63) is 29.3 Å². The highest BCUT2D eigenvalue weighted by Gasteiger charge is 2.26. The van der Waals surface area contributed by atoms with Crippen molar-refractivity contribution >= 4 is 11.8 Å². The molecule has 0 aromatic heterocycles. The molecule has 0 radical (unpaired) electrons. The number of ether oxygens (including phenoxy) is 1. The second kappa shape index (κ2) is 5.87. The summed E-state index contributed by atoms with van der Waals surface area (Å²) in [6, 6.07) is 5.91. The summed E-state index contributed by atoms with van der Waals surface area (Å²) in [4.78, 5) is 25.0. The van der Waals surface area contributed by atoms with Crippen LogP contribution in [0.1, 0.15) is 37.3 Å². The summed E-state index contributed by atoms with van der Waals surface area (Å²) in [5.74, 6) is 0.559. The zero-order valence-corrected chi connectivity index (χ0v) is 11.4. The van der Waals surface area contributed by atoms with E-state index < -0.39 is 0 Å². The Kier molecular flexibility index (Phi) is 4.20. The SMILES string of the molecule is CCc1ccc(OC)c(CN2C(=O)CCCC2=O)c1. The highest BCUT2D eigenvalue weighted by atomic mass is 16.5. The lowest BCUT2D eigenvalue weighted by Crippen LogP contribution is -2.39. The average molecular weight is 261 g/mol. The molecule has 1 saturated heterocycles. The first-order valence-corrected chi connectivity index (χ1v) is 6.64. The van der Waals surface area contributed by atoms with Gasteiger partial charge in [0.2, 0.25) is 11.8 Å². The Labute approximate surface area is 113 Å². The van der Waals surface area contributed by atoms with Gasteiger partial charge in [-0.1, -0.05) is 19.1 Å². The van der Waals surface area contributed by atoms with Crippen LogP contribution in [0.4, 0.5) is 0 Å². The molecule has 2 rings (SSSR count). The van der Waals surface area contributed by atoms with E-state index in [2.05, 4.69) is 6.92 Å². The molecule has 102 valence electrons. The molecule has 1 heterocycles. The quantitative estimate of drug-likeness (QED) is 0.781. The zero-order chi connectivity index (χ0) is 13.8. The van der Waals surface area contributed by atoms with Crippen LogP contribution in [0.25, 0.3) is 0 Å². The Hall–Kier alpha value is -1.84. The highest BCUT2D eigenvalue weighted by Crippen LogP contribution is 2.24. The summed E-state index contributed by atoms with van der Waals surface area (Å²) in [7, 11) is 1.60. The van der Waals surface area contributed by atoms with Crippen molar-refractivity contribution in [3.8, 4) is 5.75 Å². The molecule has 1 aromatic carbocycles. The molecule has 1 aliphatic heterocycles. The van der Waals surface area contributed by atoms with Crippen molar-refractivity contribution in [2.45, 2.75) is 39.2 Å². The molecule has 0 bridgehead atoms. The van der Waals surface area contributed by atoms with Gasteiger partial charge in [-0.25, -0.2) is 0 Å². The number of carbonyl (C=O) groups excluding carboxylic acids is 2. The molecule has 0 unspecified atom stereocenters. The third-order valence-electron chi connectivity index (χ3n) is 3.46. The topological polar surface area (TPSA) is 46.6 Å². The van der Waals surface area contributed by atoms with Gasteiger partial charge in [-0.15, -0.1) is 0 Å². The van der Waals surface area contributed by atoms with Crippen molar-refractivity contribution in [1.29, 1.82) is 0 Å². The normalized spacial score (nSPS) is 15.8. The van der Waals surface area contributed by atoms with Gasteiger partial charge in [0.1, 0.15) is 5.75 Å². The predicted octanol–water partition coefficient (Wildman–Crippen LogP) is 2.30. The summed E-state index contributed by atoms with van der Waals surface area (Å²) >= 11 is 0. The molecular weight excluding hydrogens is 242 g/mol. The molecule has 1 fully saturated rings. The van der Waals surface area contributed by atoms with Gasteiger partial charge in [0.25, 0.3) is 0 Å². The Morgan fingerprint density at radius 1 is 1.21 bits per heavy atom. The van der Waals surface area contributed by atoms with E-state index in [4.69, 9.17) is 4.74 Å². The lowest BCUT2D eigenvalue weighted by atomic mass is 10.0. The van der Waals surface area contributed by atoms with Crippen molar-refractivity contribution in [2.75, 3.05) is 7.11 Å².